The van der Waals surface area contributed by atoms with Crippen molar-refractivity contribution in [3.63, 3.8) is 0 Å². The molecular formula is C15H14N2O5S. The summed E-state index contributed by atoms with van der Waals surface area (Å²) in [4.78, 5) is 11.1. The molecule has 3 N–H and O–H groups in total. The molecule has 1 aliphatic heterocycles. The number of hydroxylamine groups is 2. The van der Waals surface area contributed by atoms with Crippen LogP contribution >= 0.6 is 0 Å². The Morgan fingerprint density at radius 2 is 1.83 bits per heavy atom. The van der Waals surface area contributed by atoms with Crippen LogP contribution in [0.5, 0.6) is 11.5 Å². The number of benzene rings is 2. The largest absolute Gasteiger partial charge is 0.455 e. The molecule has 120 valence electrons. The van der Waals surface area contributed by atoms with Crippen molar-refractivity contribution in [2.75, 3.05) is 0 Å². The van der Waals surface area contributed by atoms with E-state index in [4.69, 9.17) is 10.5 Å². The summed E-state index contributed by atoms with van der Waals surface area (Å²) in [5.41, 5.74) is 5.44. The first kappa shape index (κ1) is 15.3. The maximum absolute atomic E-state index is 12.7. The lowest BCUT2D eigenvalue weighted by molar-refractivity contribution is -0.0710. The summed E-state index contributed by atoms with van der Waals surface area (Å²) in [6.45, 7) is 1.52. The third-order valence-corrected chi connectivity index (χ3v) is 5.51. The topological polar surface area (TPSA) is 110 Å². The van der Waals surface area contributed by atoms with Crippen LogP contribution in [0.4, 0.5) is 4.79 Å². The minimum Gasteiger partial charge on any atom is -0.455 e. The molecule has 0 radical (unpaired) electrons. The number of nitrogens with two attached hydrogens (primary N) is 1. The van der Waals surface area contributed by atoms with E-state index in [9.17, 15) is 18.4 Å². The summed E-state index contributed by atoms with van der Waals surface area (Å²) < 4.78 is 31.1. The molecule has 3 rings (SSSR count). The monoisotopic (exact) mass is 334 g/mol. The van der Waals surface area contributed by atoms with Crippen molar-refractivity contribution >= 4 is 15.9 Å². The highest BCUT2D eigenvalue weighted by atomic mass is 32.2. The van der Waals surface area contributed by atoms with Crippen molar-refractivity contribution in [1.82, 2.24) is 5.06 Å². The molecule has 0 saturated carbocycles. The highest BCUT2D eigenvalue weighted by molar-refractivity contribution is 7.91. The van der Waals surface area contributed by atoms with Gasteiger partial charge in [-0.3, -0.25) is 5.21 Å². The van der Waals surface area contributed by atoms with E-state index < -0.39 is 21.9 Å². The van der Waals surface area contributed by atoms with Gasteiger partial charge in [0.15, 0.2) is 0 Å². The molecule has 1 atom stereocenters. The van der Waals surface area contributed by atoms with Gasteiger partial charge in [-0.15, -0.1) is 0 Å². The fraction of sp³-hybridized carbons (Fsp3) is 0.133. The van der Waals surface area contributed by atoms with Gasteiger partial charge < -0.3 is 10.5 Å². The van der Waals surface area contributed by atoms with Crippen LogP contribution in [0.1, 0.15) is 18.5 Å². The average Bonchev–Trinajstić information content (AvgIpc) is 2.53. The Labute approximate surface area is 132 Å². The Hall–Kier alpha value is -2.58. The molecule has 0 aliphatic carbocycles. The van der Waals surface area contributed by atoms with Gasteiger partial charge in [-0.05, 0) is 36.8 Å². The van der Waals surface area contributed by atoms with Crippen LogP contribution < -0.4 is 10.5 Å². The number of carbonyl (C=O) groups is 1. The lowest BCUT2D eigenvalue weighted by Crippen LogP contribution is -2.34. The zero-order valence-corrected chi connectivity index (χ0v) is 12.9. The zero-order chi connectivity index (χ0) is 16.8. The number of primary amides is 1. The first-order valence-electron chi connectivity index (χ1n) is 6.76. The Balaban J connectivity index is 2.11. The van der Waals surface area contributed by atoms with Gasteiger partial charge in [0.25, 0.3) is 0 Å². The number of nitrogens with zero attached hydrogens (tertiary/aromatic N) is 1. The molecular weight excluding hydrogens is 320 g/mol. The molecule has 0 fully saturated rings. The van der Waals surface area contributed by atoms with Crippen LogP contribution in [0.2, 0.25) is 0 Å². The van der Waals surface area contributed by atoms with Gasteiger partial charge >= 0.3 is 6.03 Å². The molecule has 2 aromatic rings. The standard InChI is InChI=1S/C15H14N2O5S/c1-9(17(19)15(16)18)10-6-7-12-14(8-10)23(20,21)13-5-3-2-4-11(13)22-12/h2-9,19H,1H3,(H2,16,18). The van der Waals surface area contributed by atoms with Crippen LogP contribution in [-0.2, 0) is 9.84 Å². The second-order valence-corrected chi connectivity index (χ2v) is 7.00. The molecule has 0 saturated heterocycles. The molecule has 1 aliphatic rings. The van der Waals surface area contributed by atoms with E-state index in [0.29, 0.717) is 10.6 Å². The number of rotatable bonds is 2. The fourth-order valence-corrected chi connectivity index (χ4v) is 3.94. The number of urea groups is 1. The molecule has 2 aromatic carbocycles. The van der Waals surface area contributed by atoms with Gasteiger partial charge in [0.2, 0.25) is 9.84 Å². The summed E-state index contributed by atoms with van der Waals surface area (Å²) in [5, 5.41) is 9.96. The summed E-state index contributed by atoms with van der Waals surface area (Å²) in [5.74, 6) is 0.463. The van der Waals surface area contributed by atoms with E-state index in [1.165, 1.54) is 25.1 Å². The average molecular weight is 334 g/mol. The Bertz CT molecular complexity index is 894. The minimum absolute atomic E-state index is 0.0154. The van der Waals surface area contributed by atoms with Crippen molar-refractivity contribution in [2.45, 2.75) is 22.8 Å². The number of hydrogen-bond donors (Lipinski definition) is 2. The van der Waals surface area contributed by atoms with Crippen molar-refractivity contribution in [3.05, 3.63) is 48.0 Å². The van der Waals surface area contributed by atoms with Crippen molar-refractivity contribution < 1.29 is 23.2 Å². The van der Waals surface area contributed by atoms with Crippen LogP contribution in [0.15, 0.2) is 52.3 Å². The molecule has 23 heavy (non-hydrogen) atoms. The molecule has 1 unspecified atom stereocenters. The van der Waals surface area contributed by atoms with Crippen molar-refractivity contribution in [3.8, 4) is 11.5 Å². The number of para-hydroxylation sites is 1. The Morgan fingerprint density at radius 1 is 1.17 bits per heavy atom. The first-order valence-corrected chi connectivity index (χ1v) is 8.24. The summed E-state index contributed by atoms with van der Waals surface area (Å²) >= 11 is 0. The molecule has 2 amide bonds. The SMILES string of the molecule is CC(c1ccc2c(c1)S(=O)(=O)c1ccccc1O2)N(O)C(N)=O. The van der Waals surface area contributed by atoms with Gasteiger partial charge in [0.1, 0.15) is 21.3 Å². The quantitative estimate of drug-likeness (QED) is 0.552. The van der Waals surface area contributed by atoms with E-state index >= 15 is 0 Å². The summed E-state index contributed by atoms with van der Waals surface area (Å²) in [6.07, 6.45) is 0. The van der Waals surface area contributed by atoms with Crippen molar-refractivity contribution in [2.24, 2.45) is 5.73 Å². The Kier molecular flexibility index (Phi) is 3.50. The number of ether oxygens (including phenoxy) is 1. The number of fused-ring (bicyclic) bond motifs is 2. The summed E-state index contributed by atoms with van der Waals surface area (Å²) in [6, 6.07) is 8.94. The van der Waals surface area contributed by atoms with E-state index in [1.807, 2.05) is 0 Å². The second kappa shape index (κ2) is 5.25. The third-order valence-electron chi connectivity index (χ3n) is 3.69. The molecule has 1 heterocycles. The van der Waals surface area contributed by atoms with E-state index in [1.54, 1.807) is 24.3 Å². The van der Waals surface area contributed by atoms with Crippen LogP contribution in [-0.4, -0.2) is 24.7 Å². The fourth-order valence-electron chi connectivity index (χ4n) is 2.40. The smallest absolute Gasteiger partial charge is 0.339 e. The molecule has 7 nitrogen and oxygen atoms in total. The minimum atomic E-state index is -3.74. The van der Waals surface area contributed by atoms with Gasteiger partial charge in [0.05, 0.1) is 6.04 Å². The summed E-state index contributed by atoms with van der Waals surface area (Å²) in [7, 11) is -3.74. The van der Waals surface area contributed by atoms with Gasteiger partial charge in [-0.25, -0.2) is 13.2 Å². The number of sulfone groups is 1. The maximum Gasteiger partial charge on any atom is 0.339 e. The normalized spacial score (nSPS) is 15.7. The first-order chi connectivity index (χ1) is 10.8. The van der Waals surface area contributed by atoms with Crippen LogP contribution in [0, 0.1) is 0 Å². The van der Waals surface area contributed by atoms with E-state index in [2.05, 4.69) is 0 Å². The van der Waals surface area contributed by atoms with E-state index in [0.717, 1.165) is 0 Å². The van der Waals surface area contributed by atoms with Crippen LogP contribution in [0.25, 0.3) is 0 Å². The van der Waals surface area contributed by atoms with Crippen LogP contribution in [0.3, 0.4) is 0 Å². The van der Waals surface area contributed by atoms with Crippen molar-refractivity contribution in [1.29, 1.82) is 0 Å². The van der Waals surface area contributed by atoms with E-state index in [-0.39, 0.29) is 21.3 Å². The van der Waals surface area contributed by atoms with Gasteiger partial charge in [0, 0.05) is 0 Å². The zero-order valence-electron chi connectivity index (χ0n) is 12.1. The third kappa shape index (κ3) is 2.41. The predicted octanol–water partition coefficient (Wildman–Crippen LogP) is 2.46. The number of amides is 2. The highest BCUT2D eigenvalue weighted by Gasteiger charge is 2.32. The molecule has 0 aromatic heterocycles. The molecule has 0 bridgehead atoms. The lowest BCUT2D eigenvalue weighted by atomic mass is 10.1. The highest BCUT2D eigenvalue weighted by Crippen LogP contribution is 2.43. The lowest BCUT2D eigenvalue weighted by Gasteiger charge is -2.24. The number of hydrogen-bond acceptors (Lipinski definition) is 5. The second-order valence-electron chi connectivity index (χ2n) is 5.12. The molecule has 8 heteroatoms. The van der Waals surface area contributed by atoms with Gasteiger partial charge in [-0.1, -0.05) is 18.2 Å². The number of carbonyl (C=O) groups excluding carboxylic acids is 1. The van der Waals surface area contributed by atoms with Gasteiger partial charge in [-0.2, -0.15) is 5.06 Å². The molecule has 0 spiro atoms. The predicted molar refractivity (Wildman–Crippen MR) is 80.0 cm³/mol. The Morgan fingerprint density at radius 3 is 2.52 bits per heavy atom. The maximum atomic E-state index is 12.7.